The topological polar surface area (TPSA) is 84.5 Å². The molecule has 0 aliphatic carbocycles. The highest BCUT2D eigenvalue weighted by Crippen LogP contribution is 2.26. The van der Waals surface area contributed by atoms with Crippen molar-refractivity contribution in [2.45, 2.75) is 30.3 Å². The van der Waals surface area contributed by atoms with E-state index in [1.165, 1.54) is 6.20 Å². The van der Waals surface area contributed by atoms with Crippen LogP contribution in [-0.2, 0) is 16.6 Å². The van der Waals surface area contributed by atoms with Crippen molar-refractivity contribution in [3.05, 3.63) is 12.4 Å². The quantitative estimate of drug-likeness (QED) is 0.770. The largest absolute Gasteiger partial charge is 0.329 e. The molecule has 2 rings (SSSR count). The molecule has 1 unspecified atom stereocenters. The summed E-state index contributed by atoms with van der Waals surface area (Å²) in [5.74, 6) is 0. The number of sulfonamides is 1. The number of nitrogens with zero attached hydrogens (tertiary/aromatic N) is 4. The predicted octanol–water partition coefficient (Wildman–Crippen LogP) is -0.443. The molecule has 1 fully saturated rings. The molecule has 0 spiro atoms. The lowest BCUT2D eigenvalue weighted by molar-refractivity contribution is 0.291. The van der Waals surface area contributed by atoms with E-state index in [1.807, 2.05) is 19.0 Å². The molecule has 114 valence electrons. The van der Waals surface area contributed by atoms with Gasteiger partial charge in [-0.05, 0) is 26.9 Å². The van der Waals surface area contributed by atoms with Crippen molar-refractivity contribution < 1.29 is 8.42 Å². The van der Waals surface area contributed by atoms with Gasteiger partial charge in [0.05, 0.1) is 12.7 Å². The standard InChI is InChI=1S/C12H23N5O2S/c1-15(2)9-11-4-3-6-17(11)20(18,19)12-8-14-16(10-12)7-5-13/h8,10-11H,3-7,9,13H2,1-2H3. The third kappa shape index (κ3) is 3.20. The summed E-state index contributed by atoms with van der Waals surface area (Å²) in [5.41, 5.74) is 5.45. The van der Waals surface area contributed by atoms with Crippen LogP contribution in [0.25, 0.3) is 0 Å². The molecule has 1 aliphatic rings. The van der Waals surface area contributed by atoms with Crippen LogP contribution in [-0.4, -0.2) is 67.2 Å². The van der Waals surface area contributed by atoms with Crippen molar-refractivity contribution in [1.29, 1.82) is 0 Å². The van der Waals surface area contributed by atoms with E-state index >= 15 is 0 Å². The van der Waals surface area contributed by atoms with Crippen LogP contribution in [0.1, 0.15) is 12.8 Å². The first-order chi connectivity index (χ1) is 9.45. The average Bonchev–Trinajstić information content (AvgIpc) is 2.98. The summed E-state index contributed by atoms with van der Waals surface area (Å²) in [6.45, 7) is 2.30. The van der Waals surface area contributed by atoms with Gasteiger partial charge < -0.3 is 10.6 Å². The van der Waals surface area contributed by atoms with Crippen LogP contribution in [0.5, 0.6) is 0 Å². The Morgan fingerprint density at radius 1 is 1.50 bits per heavy atom. The molecule has 1 aliphatic heterocycles. The fourth-order valence-electron chi connectivity index (χ4n) is 2.60. The lowest BCUT2D eigenvalue weighted by atomic mass is 10.2. The molecule has 2 N–H and O–H groups in total. The molecule has 1 atom stereocenters. The number of aromatic nitrogens is 2. The third-order valence-electron chi connectivity index (χ3n) is 3.47. The molecule has 7 nitrogen and oxygen atoms in total. The maximum absolute atomic E-state index is 12.7. The van der Waals surface area contributed by atoms with Gasteiger partial charge in [0.1, 0.15) is 4.90 Å². The van der Waals surface area contributed by atoms with Gasteiger partial charge in [-0.1, -0.05) is 0 Å². The van der Waals surface area contributed by atoms with Gasteiger partial charge in [-0.3, -0.25) is 4.68 Å². The highest BCUT2D eigenvalue weighted by atomic mass is 32.2. The third-order valence-corrected chi connectivity index (χ3v) is 5.38. The molecule has 1 saturated heterocycles. The Kier molecular flexibility index (Phi) is 4.79. The van der Waals surface area contributed by atoms with E-state index in [9.17, 15) is 8.42 Å². The second-order valence-corrected chi connectivity index (χ2v) is 7.29. The summed E-state index contributed by atoms with van der Waals surface area (Å²) in [5, 5.41) is 4.05. The van der Waals surface area contributed by atoms with E-state index in [2.05, 4.69) is 5.10 Å². The van der Waals surface area contributed by atoms with Crippen LogP contribution in [0.3, 0.4) is 0 Å². The molecule has 1 aromatic rings. The summed E-state index contributed by atoms with van der Waals surface area (Å²) in [4.78, 5) is 2.28. The first kappa shape index (κ1) is 15.4. The fourth-order valence-corrected chi connectivity index (χ4v) is 4.24. The number of rotatable bonds is 6. The van der Waals surface area contributed by atoms with Crippen molar-refractivity contribution in [2.75, 3.05) is 33.7 Å². The highest BCUT2D eigenvalue weighted by molar-refractivity contribution is 7.89. The van der Waals surface area contributed by atoms with Gasteiger partial charge >= 0.3 is 0 Å². The van der Waals surface area contributed by atoms with E-state index in [-0.39, 0.29) is 10.9 Å². The number of hydrogen-bond donors (Lipinski definition) is 1. The van der Waals surface area contributed by atoms with Crippen molar-refractivity contribution in [3.8, 4) is 0 Å². The summed E-state index contributed by atoms with van der Waals surface area (Å²) in [6.07, 6.45) is 4.80. The van der Waals surface area contributed by atoms with Gasteiger partial charge in [0.25, 0.3) is 0 Å². The molecule has 2 heterocycles. The van der Waals surface area contributed by atoms with Crippen LogP contribution in [0.2, 0.25) is 0 Å². The first-order valence-corrected chi connectivity index (χ1v) is 8.28. The molecule has 0 saturated carbocycles. The lowest BCUT2D eigenvalue weighted by Crippen LogP contribution is -2.41. The van der Waals surface area contributed by atoms with Crippen molar-refractivity contribution in [2.24, 2.45) is 5.73 Å². The van der Waals surface area contributed by atoms with Crippen LogP contribution in [0.15, 0.2) is 17.3 Å². The maximum Gasteiger partial charge on any atom is 0.246 e. The van der Waals surface area contributed by atoms with E-state index in [0.29, 0.717) is 19.6 Å². The molecule has 20 heavy (non-hydrogen) atoms. The minimum Gasteiger partial charge on any atom is -0.329 e. The van der Waals surface area contributed by atoms with E-state index in [1.54, 1.807) is 15.2 Å². The normalized spacial score (nSPS) is 20.9. The Labute approximate surface area is 120 Å². The molecule has 0 amide bonds. The van der Waals surface area contributed by atoms with Crippen LogP contribution in [0.4, 0.5) is 0 Å². The van der Waals surface area contributed by atoms with E-state index in [0.717, 1.165) is 19.4 Å². The molecule has 1 aromatic heterocycles. The molecule has 0 aromatic carbocycles. The Balaban J connectivity index is 2.19. The molecular formula is C12H23N5O2S. The van der Waals surface area contributed by atoms with Gasteiger partial charge in [-0.25, -0.2) is 8.42 Å². The Bertz CT molecular complexity index is 540. The zero-order valence-corrected chi connectivity index (χ0v) is 12.9. The zero-order valence-electron chi connectivity index (χ0n) is 12.1. The highest BCUT2D eigenvalue weighted by Gasteiger charge is 2.36. The van der Waals surface area contributed by atoms with Crippen LogP contribution in [0, 0.1) is 0 Å². The summed E-state index contributed by atoms with van der Waals surface area (Å²) < 4.78 is 28.5. The minimum absolute atomic E-state index is 0.0489. The van der Waals surface area contributed by atoms with Crippen molar-refractivity contribution in [1.82, 2.24) is 19.0 Å². The summed E-state index contributed by atoms with van der Waals surface area (Å²) >= 11 is 0. The fraction of sp³-hybridized carbons (Fsp3) is 0.750. The number of likely N-dealkylation sites (N-methyl/N-ethyl adjacent to an activating group) is 1. The average molecular weight is 301 g/mol. The summed E-state index contributed by atoms with van der Waals surface area (Å²) in [6, 6.07) is 0.0489. The van der Waals surface area contributed by atoms with Crippen LogP contribution < -0.4 is 5.73 Å². The SMILES string of the molecule is CN(C)CC1CCCN1S(=O)(=O)c1cnn(CCN)c1. The Morgan fingerprint density at radius 3 is 2.90 bits per heavy atom. The first-order valence-electron chi connectivity index (χ1n) is 6.84. The smallest absolute Gasteiger partial charge is 0.246 e. The van der Waals surface area contributed by atoms with Crippen LogP contribution >= 0.6 is 0 Å². The van der Waals surface area contributed by atoms with Gasteiger partial charge in [-0.15, -0.1) is 0 Å². The second-order valence-electron chi connectivity index (χ2n) is 5.40. The number of hydrogen-bond acceptors (Lipinski definition) is 5. The van der Waals surface area contributed by atoms with Gasteiger partial charge in [0, 0.05) is 31.9 Å². The monoisotopic (exact) mass is 301 g/mol. The molecule has 0 bridgehead atoms. The Hall–Kier alpha value is -0.960. The molecule has 0 radical (unpaired) electrons. The van der Waals surface area contributed by atoms with Crippen molar-refractivity contribution >= 4 is 10.0 Å². The van der Waals surface area contributed by atoms with Gasteiger partial charge in [0.15, 0.2) is 0 Å². The molecule has 8 heteroatoms. The number of nitrogens with two attached hydrogens (primary N) is 1. The second kappa shape index (κ2) is 6.21. The predicted molar refractivity (Wildman–Crippen MR) is 76.7 cm³/mol. The van der Waals surface area contributed by atoms with Crippen molar-refractivity contribution in [3.63, 3.8) is 0 Å². The minimum atomic E-state index is -3.45. The maximum atomic E-state index is 12.7. The molecular weight excluding hydrogens is 278 g/mol. The lowest BCUT2D eigenvalue weighted by Gasteiger charge is -2.25. The van der Waals surface area contributed by atoms with E-state index < -0.39 is 10.0 Å². The van der Waals surface area contributed by atoms with Gasteiger partial charge in [0.2, 0.25) is 10.0 Å². The van der Waals surface area contributed by atoms with Gasteiger partial charge in [-0.2, -0.15) is 9.40 Å². The zero-order chi connectivity index (χ0) is 14.8. The Morgan fingerprint density at radius 2 is 2.25 bits per heavy atom. The van der Waals surface area contributed by atoms with E-state index in [4.69, 9.17) is 5.73 Å². The summed E-state index contributed by atoms with van der Waals surface area (Å²) in [7, 11) is 0.473.